The fourth-order valence-electron chi connectivity index (χ4n) is 2.45. The van der Waals surface area contributed by atoms with Crippen LogP contribution in [0.1, 0.15) is 21.5 Å². The van der Waals surface area contributed by atoms with Gasteiger partial charge in [0, 0.05) is 32.2 Å². The molecule has 1 amide bonds. The van der Waals surface area contributed by atoms with E-state index in [-0.39, 0.29) is 11.7 Å². The monoisotopic (exact) mass is 372 g/mol. The molecule has 0 saturated heterocycles. The summed E-state index contributed by atoms with van der Waals surface area (Å²) >= 11 is 0. The Bertz CT molecular complexity index is 808. The molecule has 0 aromatic heterocycles. The van der Waals surface area contributed by atoms with Gasteiger partial charge in [-0.15, -0.1) is 0 Å². The molecule has 27 heavy (non-hydrogen) atoms. The van der Waals surface area contributed by atoms with Crippen LogP contribution in [0.4, 0.5) is 4.39 Å². The third-order valence-corrected chi connectivity index (χ3v) is 3.94. The summed E-state index contributed by atoms with van der Waals surface area (Å²) in [7, 11) is 3.23. The number of aliphatic imine (C=N–C) groups is 1. The lowest BCUT2D eigenvalue weighted by Gasteiger charge is -2.13. The van der Waals surface area contributed by atoms with E-state index in [2.05, 4.69) is 20.9 Å². The number of carbonyl (C=O) groups is 1. The number of ether oxygens (including phenoxy) is 1. The number of nitrogens with one attached hydrogen (secondary N) is 3. The van der Waals surface area contributed by atoms with Crippen molar-refractivity contribution in [1.82, 2.24) is 16.0 Å². The molecule has 2 rings (SSSR count). The van der Waals surface area contributed by atoms with Crippen molar-refractivity contribution in [3.05, 3.63) is 65.0 Å². The van der Waals surface area contributed by atoms with Crippen LogP contribution in [0.25, 0.3) is 0 Å². The van der Waals surface area contributed by atoms with Gasteiger partial charge in [0.15, 0.2) is 5.96 Å². The molecule has 0 aliphatic rings. The van der Waals surface area contributed by atoms with Crippen LogP contribution < -0.4 is 20.7 Å². The van der Waals surface area contributed by atoms with E-state index in [9.17, 15) is 9.18 Å². The first-order valence-corrected chi connectivity index (χ1v) is 8.65. The van der Waals surface area contributed by atoms with Gasteiger partial charge in [-0.25, -0.2) is 4.39 Å². The van der Waals surface area contributed by atoms with E-state index in [1.807, 2.05) is 0 Å². The molecule has 7 heteroatoms. The van der Waals surface area contributed by atoms with Crippen molar-refractivity contribution in [2.75, 3.05) is 27.2 Å². The van der Waals surface area contributed by atoms with E-state index in [4.69, 9.17) is 4.74 Å². The fraction of sp³-hybridized carbons (Fsp3) is 0.300. The topological polar surface area (TPSA) is 74.8 Å². The van der Waals surface area contributed by atoms with E-state index < -0.39 is 0 Å². The van der Waals surface area contributed by atoms with Crippen molar-refractivity contribution in [2.24, 2.45) is 4.99 Å². The van der Waals surface area contributed by atoms with Crippen molar-refractivity contribution in [3.63, 3.8) is 0 Å². The molecule has 2 aromatic carbocycles. The number of aryl methyl sites for hydroxylation is 1. The van der Waals surface area contributed by atoms with Gasteiger partial charge in [0.2, 0.25) is 0 Å². The number of benzene rings is 2. The summed E-state index contributed by atoms with van der Waals surface area (Å²) in [5, 5.41) is 9.11. The molecule has 0 aliphatic heterocycles. The van der Waals surface area contributed by atoms with Crippen molar-refractivity contribution in [1.29, 1.82) is 0 Å². The number of methoxy groups -OCH3 is 1. The number of amides is 1. The molecule has 0 unspecified atom stereocenters. The number of rotatable bonds is 7. The zero-order chi connectivity index (χ0) is 19.6. The van der Waals surface area contributed by atoms with Crippen molar-refractivity contribution in [2.45, 2.75) is 13.5 Å². The third-order valence-electron chi connectivity index (χ3n) is 3.94. The Hall–Kier alpha value is -3.09. The average molecular weight is 372 g/mol. The highest BCUT2D eigenvalue weighted by atomic mass is 19.1. The highest BCUT2D eigenvalue weighted by Crippen LogP contribution is 2.12. The molecule has 144 valence electrons. The fourth-order valence-corrected chi connectivity index (χ4v) is 2.45. The summed E-state index contributed by atoms with van der Waals surface area (Å²) < 4.78 is 18.4. The van der Waals surface area contributed by atoms with Gasteiger partial charge in [0.1, 0.15) is 11.6 Å². The number of halogens is 1. The van der Waals surface area contributed by atoms with Gasteiger partial charge in [-0.3, -0.25) is 9.79 Å². The van der Waals surface area contributed by atoms with E-state index in [0.29, 0.717) is 42.5 Å². The summed E-state index contributed by atoms with van der Waals surface area (Å²) in [6.45, 7) is 3.21. The van der Waals surface area contributed by atoms with Crippen LogP contribution >= 0.6 is 0 Å². The van der Waals surface area contributed by atoms with Gasteiger partial charge in [-0.05, 0) is 42.3 Å². The van der Waals surface area contributed by atoms with Crippen LogP contribution in [0.2, 0.25) is 0 Å². The molecule has 0 bridgehead atoms. The number of guanidine groups is 1. The van der Waals surface area contributed by atoms with Crippen LogP contribution in [-0.2, 0) is 6.54 Å². The van der Waals surface area contributed by atoms with E-state index in [1.165, 1.54) is 6.07 Å². The number of hydrogen-bond donors (Lipinski definition) is 3. The molecular formula is C20H25FN4O2. The summed E-state index contributed by atoms with van der Waals surface area (Å²) in [6.07, 6.45) is 0. The highest BCUT2D eigenvalue weighted by molar-refractivity contribution is 5.94. The molecule has 2 aromatic rings. The molecule has 3 N–H and O–H groups in total. The molecule has 0 saturated carbocycles. The van der Waals surface area contributed by atoms with E-state index in [1.54, 1.807) is 57.5 Å². The lowest BCUT2D eigenvalue weighted by molar-refractivity contribution is 0.0954. The van der Waals surface area contributed by atoms with Crippen molar-refractivity contribution in [3.8, 4) is 5.75 Å². The van der Waals surface area contributed by atoms with Crippen molar-refractivity contribution >= 4 is 11.9 Å². The quantitative estimate of drug-likeness (QED) is 0.396. The summed E-state index contributed by atoms with van der Waals surface area (Å²) in [4.78, 5) is 16.3. The molecule has 0 fully saturated rings. The lowest BCUT2D eigenvalue weighted by Crippen LogP contribution is -2.41. The predicted octanol–water partition coefficient (Wildman–Crippen LogP) is 2.24. The predicted molar refractivity (Wildman–Crippen MR) is 105 cm³/mol. The Morgan fingerprint density at radius 3 is 2.59 bits per heavy atom. The Morgan fingerprint density at radius 1 is 1.11 bits per heavy atom. The van der Waals surface area contributed by atoms with E-state index >= 15 is 0 Å². The van der Waals surface area contributed by atoms with Crippen LogP contribution in [-0.4, -0.2) is 39.1 Å². The maximum atomic E-state index is 13.3. The standard InChI is InChI=1S/C20H25FN4O2/c1-14-11-15(7-8-18(14)21)13-25-20(22-2)24-10-9-23-19(26)16-5-4-6-17(12-16)27-3/h4-8,11-12H,9-10,13H2,1-3H3,(H,23,26)(H2,22,24,25). The third kappa shape index (κ3) is 6.29. The molecule has 0 spiro atoms. The summed E-state index contributed by atoms with van der Waals surface area (Å²) in [6, 6.07) is 12.0. The zero-order valence-corrected chi connectivity index (χ0v) is 15.8. The van der Waals surface area contributed by atoms with Gasteiger partial charge in [0.25, 0.3) is 5.91 Å². The van der Waals surface area contributed by atoms with Gasteiger partial charge >= 0.3 is 0 Å². The Morgan fingerprint density at radius 2 is 1.89 bits per heavy atom. The SMILES string of the molecule is CN=C(NCCNC(=O)c1cccc(OC)c1)NCc1ccc(F)c(C)c1. The number of nitrogens with zero attached hydrogens (tertiary/aromatic N) is 1. The van der Waals surface area contributed by atoms with Crippen molar-refractivity contribution < 1.29 is 13.9 Å². The largest absolute Gasteiger partial charge is 0.497 e. The van der Waals surface area contributed by atoms with Gasteiger partial charge < -0.3 is 20.7 Å². The Labute approximate surface area is 158 Å². The van der Waals surface area contributed by atoms with Gasteiger partial charge in [-0.2, -0.15) is 0 Å². The number of carbonyl (C=O) groups excluding carboxylic acids is 1. The molecule has 0 atom stereocenters. The molecule has 0 radical (unpaired) electrons. The first-order valence-electron chi connectivity index (χ1n) is 8.65. The van der Waals surface area contributed by atoms with Crippen LogP contribution in [0.5, 0.6) is 5.75 Å². The summed E-state index contributed by atoms with van der Waals surface area (Å²) in [5.41, 5.74) is 2.12. The normalized spacial score (nSPS) is 11.0. The summed E-state index contributed by atoms with van der Waals surface area (Å²) in [5.74, 6) is 0.863. The maximum Gasteiger partial charge on any atom is 0.251 e. The Balaban J connectivity index is 1.74. The smallest absolute Gasteiger partial charge is 0.251 e. The molecule has 0 aliphatic carbocycles. The van der Waals surface area contributed by atoms with Crippen LogP contribution in [0, 0.1) is 12.7 Å². The first kappa shape index (κ1) is 20.2. The second kappa shape index (κ2) is 10.2. The lowest BCUT2D eigenvalue weighted by atomic mass is 10.1. The zero-order valence-electron chi connectivity index (χ0n) is 15.8. The highest BCUT2D eigenvalue weighted by Gasteiger charge is 2.06. The molecule has 6 nitrogen and oxygen atoms in total. The average Bonchev–Trinajstić information content (AvgIpc) is 2.69. The number of hydrogen-bond acceptors (Lipinski definition) is 3. The minimum atomic E-state index is -0.215. The molecular weight excluding hydrogens is 347 g/mol. The van der Waals surface area contributed by atoms with E-state index in [0.717, 1.165) is 5.56 Å². The van der Waals surface area contributed by atoms with Gasteiger partial charge in [-0.1, -0.05) is 18.2 Å². The molecule has 0 heterocycles. The maximum absolute atomic E-state index is 13.3. The van der Waals surface area contributed by atoms with Gasteiger partial charge in [0.05, 0.1) is 7.11 Å². The van der Waals surface area contributed by atoms with Crippen LogP contribution in [0.3, 0.4) is 0 Å². The Kier molecular flexibility index (Phi) is 7.61. The second-order valence-corrected chi connectivity index (χ2v) is 5.92. The minimum absolute atomic E-state index is 0.166. The second-order valence-electron chi connectivity index (χ2n) is 5.92. The minimum Gasteiger partial charge on any atom is -0.497 e. The first-order chi connectivity index (χ1) is 13.0. The van der Waals surface area contributed by atoms with Crippen LogP contribution in [0.15, 0.2) is 47.5 Å².